The Labute approximate surface area is 181 Å². The highest BCUT2D eigenvalue weighted by molar-refractivity contribution is 5.97. The second-order valence-electron chi connectivity index (χ2n) is 7.57. The number of piperazine rings is 1. The van der Waals surface area contributed by atoms with E-state index >= 15 is 0 Å². The average molecular weight is 428 g/mol. The molecule has 2 amide bonds. The van der Waals surface area contributed by atoms with Gasteiger partial charge in [0.2, 0.25) is 5.91 Å². The third-order valence-electron chi connectivity index (χ3n) is 4.94. The number of nitrogens with zero attached hydrogens (tertiary/aromatic N) is 2. The lowest BCUT2D eigenvalue weighted by Gasteiger charge is -2.26. The SMILES string of the molecule is CCNC(=NCc1ccc(C(=O)N2CCNC(=O)C2)cc1)NCC(C)(O)c1ccco1. The maximum atomic E-state index is 12.6. The molecule has 2 heterocycles. The van der Waals surface area contributed by atoms with Gasteiger partial charge in [-0.2, -0.15) is 0 Å². The Morgan fingerprint density at radius 1 is 1.29 bits per heavy atom. The molecular weight excluding hydrogens is 398 g/mol. The van der Waals surface area contributed by atoms with E-state index in [0.29, 0.717) is 43.5 Å². The molecule has 2 aromatic rings. The molecule has 1 unspecified atom stereocenters. The monoisotopic (exact) mass is 427 g/mol. The topological polar surface area (TPSA) is 119 Å². The smallest absolute Gasteiger partial charge is 0.254 e. The Morgan fingerprint density at radius 3 is 2.71 bits per heavy atom. The number of aliphatic hydroxyl groups is 1. The van der Waals surface area contributed by atoms with Crippen molar-refractivity contribution in [2.75, 3.05) is 32.7 Å². The molecule has 1 aliphatic heterocycles. The summed E-state index contributed by atoms with van der Waals surface area (Å²) < 4.78 is 5.30. The van der Waals surface area contributed by atoms with Gasteiger partial charge < -0.3 is 30.4 Å². The van der Waals surface area contributed by atoms with E-state index in [0.717, 1.165) is 5.56 Å². The summed E-state index contributed by atoms with van der Waals surface area (Å²) in [6.07, 6.45) is 1.53. The number of carbonyl (C=O) groups excluding carboxylic acids is 2. The summed E-state index contributed by atoms with van der Waals surface area (Å²) in [5.41, 5.74) is 0.303. The summed E-state index contributed by atoms with van der Waals surface area (Å²) in [4.78, 5) is 30.1. The fraction of sp³-hybridized carbons (Fsp3) is 0.409. The lowest BCUT2D eigenvalue weighted by Crippen LogP contribution is -2.49. The predicted molar refractivity (Wildman–Crippen MR) is 116 cm³/mol. The van der Waals surface area contributed by atoms with Gasteiger partial charge in [-0.25, -0.2) is 4.99 Å². The molecule has 1 fully saturated rings. The van der Waals surface area contributed by atoms with E-state index in [2.05, 4.69) is 20.9 Å². The first kappa shape index (κ1) is 22.4. The normalized spacial score (nSPS) is 16.4. The molecule has 3 rings (SSSR count). The highest BCUT2D eigenvalue weighted by atomic mass is 16.4. The van der Waals surface area contributed by atoms with Crippen molar-refractivity contribution in [2.24, 2.45) is 4.99 Å². The Bertz CT molecular complexity index is 906. The summed E-state index contributed by atoms with van der Waals surface area (Å²) >= 11 is 0. The molecule has 166 valence electrons. The van der Waals surface area contributed by atoms with Gasteiger partial charge >= 0.3 is 0 Å². The largest absolute Gasteiger partial charge is 0.466 e. The molecule has 1 aromatic heterocycles. The first-order chi connectivity index (χ1) is 14.9. The fourth-order valence-corrected chi connectivity index (χ4v) is 3.19. The molecule has 1 aromatic carbocycles. The van der Waals surface area contributed by atoms with E-state index in [1.165, 1.54) is 6.26 Å². The zero-order chi connectivity index (χ0) is 22.3. The number of rotatable bonds is 7. The van der Waals surface area contributed by atoms with Crippen molar-refractivity contribution in [1.82, 2.24) is 20.9 Å². The summed E-state index contributed by atoms with van der Waals surface area (Å²) in [7, 11) is 0. The van der Waals surface area contributed by atoms with E-state index in [9.17, 15) is 14.7 Å². The fourth-order valence-electron chi connectivity index (χ4n) is 3.19. The van der Waals surface area contributed by atoms with Crippen LogP contribution in [-0.2, 0) is 16.9 Å². The van der Waals surface area contributed by atoms with Gasteiger partial charge in [0.1, 0.15) is 11.4 Å². The Morgan fingerprint density at radius 2 is 2.06 bits per heavy atom. The van der Waals surface area contributed by atoms with Gasteiger partial charge in [-0.05, 0) is 43.7 Å². The molecule has 0 saturated carbocycles. The van der Waals surface area contributed by atoms with Crippen LogP contribution in [0.5, 0.6) is 0 Å². The second kappa shape index (κ2) is 10.1. The molecule has 0 spiro atoms. The predicted octanol–water partition coefficient (Wildman–Crippen LogP) is 0.814. The van der Waals surface area contributed by atoms with E-state index in [1.807, 2.05) is 19.1 Å². The van der Waals surface area contributed by atoms with Crippen LogP contribution in [0, 0.1) is 0 Å². The van der Waals surface area contributed by atoms with Crippen LogP contribution in [0.4, 0.5) is 0 Å². The van der Waals surface area contributed by atoms with Crippen molar-refractivity contribution < 1.29 is 19.1 Å². The van der Waals surface area contributed by atoms with E-state index in [4.69, 9.17) is 4.42 Å². The molecule has 1 aliphatic rings. The molecule has 0 bridgehead atoms. The number of carbonyl (C=O) groups is 2. The van der Waals surface area contributed by atoms with Gasteiger partial charge in [0.25, 0.3) is 5.91 Å². The highest BCUT2D eigenvalue weighted by Crippen LogP contribution is 2.19. The number of guanidine groups is 1. The molecule has 4 N–H and O–H groups in total. The van der Waals surface area contributed by atoms with E-state index < -0.39 is 5.60 Å². The highest BCUT2D eigenvalue weighted by Gasteiger charge is 2.26. The van der Waals surface area contributed by atoms with Crippen molar-refractivity contribution in [1.29, 1.82) is 0 Å². The number of hydrogen-bond acceptors (Lipinski definition) is 5. The van der Waals surface area contributed by atoms with Crippen molar-refractivity contribution in [3.8, 4) is 0 Å². The van der Waals surface area contributed by atoms with Gasteiger partial charge in [-0.1, -0.05) is 12.1 Å². The molecule has 0 aliphatic carbocycles. The van der Waals surface area contributed by atoms with E-state index in [1.54, 1.807) is 36.1 Å². The van der Waals surface area contributed by atoms with Crippen LogP contribution in [0.3, 0.4) is 0 Å². The first-order valence-corrected chi connectivity index (χ1v) is 10.3. The second-order valence-corrected chi connectivity index (χ2v) is 7.57. The van der Waals surface area contributed by atoms with Crippen molar-refractivity contribution in [2.45, 2.75) is 26.0 Å². The number of amides is 2. The van der Waals surface area contributed by atoms with E-state index in [-0.39, 0.29) is 24.9 Å². The number of benzene rings is 1. The van der Waals surface area contributed by atoms with Gasteiger partial charge in [-0.3, -0.25) is 9.59 Å². The van der Waals surface area contributed by atoms with Crippen LogP contribution in [0.1, 0.15) is 35.5 Å². The van der Waals surface area contributed by atoms with Crippen LogP contribution in [0.2, 0.25) is 0 Å². The third-order valence-corrected chi connectivity index (χ3v) is 4.94. The molecule has 1 saturated heterocycles. The number of nitrogens with one attached hydrogen (secondary N) is 3. The number of furan rings is 1. The van der Waals surface area contributed by atoms with Crippen LogP contribution in [-0.4, -0.2) is 60.5 Å². The van der Waals surface area contributed by atoms with Gasteiger partial charge in [0.15, 0.2) is 5.96 Å². The Kier molecular flexibility index (Phi) is 7.30. The quantitative estimate of drug-likeness (QED) is 0.384. The van der Waals surface area contributed by atoms with Gasteiger partial charge in [0.05, 0.1) is 25.9 Å². The minimum atomic E-state index is -1.17. The van der Waals surface area contributed by atoms with Gasteiger partial charge in [-0.15, -0.1) is 0 Å². The zero-order valence-corrected chi connectivity index (χ0v) is 17.9. The molecule has 31 heavy (non-hydrogen) atoms. The molecule has 0 radical (unpaired) electrons. The molecule has 9 heteroatoms. The lowest BCUT2D eigenvalue weighted by atomic mass is 10.0. The zero-order valence-electron chi connectivity index (χ0n) is 17.9. The summed E-state index contributed by atoms with van der Waals surface area (Å²) in [5, 5.41) is 19.6. The van der Waals surface area contributed by atoms with Crippen molar-refractivity contribution in [3.05, 3.63) is 59.5 Å². The lowest BCUT2D eigenvalue weighted by molar-refractivity contribution is -0.123. The standard InChI is InChI=1S/C22H29N5O4/c1-3-23-21(26-15-22(2,30)18-5-4-12-31-18)25-13-16-6-8-17(9-7-16)20(29)27-11-10-24-19(28)14-27/h4-9,12,30H,3,10-11,13-15H2,1-2H3,(H,24,28)(H2,23,25,26). The minimum Gasteiger partial charge on any atom is -0.466 e. The van der Waals surface area contributed by atoms with Crippen molar-refractivity contribution in [3.63, 3.8) is 0 Å². The average Bonchev–Trinajstić information content (AvgIpc) is 3.32. The Hall–Kier alpha value is -3.33. The number of aliphatic imine (C=N–C) groups is 1. The van der Waals surface area contributed by atoms with Gasteiger partial charge in [0, 0.05) is 25.2 Å². The maximum Gasteiger partial charge on any atom is 0.254 e. The minimum absolute atomic E-state index is 0.0877. The summed E-state index contributed by atoms with van der Waals surface area (Å²) in [6, 6.07) is 10.7. The van der Waals surface area contributed by atoms with Crippen LogP contribution < -0.4 is 16.0 Å². The molecular formula is C22H29N5O4. The Balaban J connectivity index is 1.59. The van der Waals surface area contributed by atoms with Crippen LogP contribution in [0.15, 0.2) is 52.1 Å². The summed E-state index contributed by atoms with van der Waals surface area (Å²) in [5.74, 6) is 0.746. The molecule has 9 nitrogen and oxygen atoms in total. The van der Waals surface area contributed by atoms with Crippen molar-refractivity contribution >= 4 is 17.8 Å². The maximum absolute atomic E-state index is 12.6. The third kappa shape index (κ3) is 6.08. The van der Waals surface area contributed by atoms with Crippen LogP contribution >= 0.6 is 0 Å². The molecule has 1 atom stereocenters. The van der Waals surface area contributed by atoms with Crippen LogP contribution in [0.25, 0.3) is 0 Å². The first-order valence-electron chi connectivity index (χ1n) is 10.3. The summed E-state index contributed by atoms with van der Waals surface area (Å²) in [6.45, 7) is 6.01. The number of hydrogen-bond donors (Lipinski definition) is 4.